The summed E-state index contributed by atoms with van der Waals surface area (Å²) in [6, 6.07) is 3.54. The Balaban J connectivity index is 6.23. The van der Waals surface area contributed by atoms with Crippen molar-refractivity contribution in [3.8, 4) is 0 Å². The van der Waals surface area contributed by atoms with E-state index in [1.165, 1.54) is 0 Å². The quantitative estimate of drug-likeness (QED) is 0.0645. The molecule has 0 saturated carbocycles. The molecule has 0 amide bonds. The second-order valence-electron chi connectivity index (χ2n) is 11.2. The Bertz CT molecular complexity index is 611. The molecule has 0 bridgehead atoms. The van der Waals surface area contributed by atoms with Crippen molar-refractivity contribution >= 4 is 36.6 Å². The Kier molecular flexibility index (Phi) is 23.9. The maximum Gasteiger partial charge on any atom is 0.500 e. The Morgan fingerprint density at radius 1 is 0.535 bits per heavy atom. The van der Waals surface area contributed by atoms with E-state index in [-0.39, 0.29) is 17.2 Å². The van der Waals surface area contributed by atoms with E-state index in [1.807, 2.05) is 0 Å². The maximum atomic E-state index is 7.61. The van der Waals surface area contributed by atoms with Crippen LogP contribution in [0.1, 0.15) is 51.4 Å². The lowest BCUT2D eigenvalue weighted by Gasteiger charge is -2.50. The van der Waals surface area contributed by atoms with Gasteiger partial charge in [0.25, 0.3) is 0 Å². The van der Waals surface area contributed by atoms with Crippen LogP contribution in [0.15, 0.2) is 0 Å². The van der Waals surface area contributed by atoms with Crippen molar-refractivity contribution in [1.29, 1.82) is 0 Å². The van der Waals surface area contributed by atoms with Crippen LogP contribution in [0.2, 0.25) is 24.2 Å². The van der Waals surface area contributed by atoms with Gasteiger partial charge < -0.3 is 57.0 Å². The first-order valence-corrected chi connectivity index (χ1v) is 23.0. The van der Waals surface area contributed by atoms with Crippen molar-refractivity contribution < 1.29 is 45.5 Å². The van der Waals surface area contributed by atoms with Crippen LogP contribution in [-0.2, 0) is 45.5 Å². The topological polar surface area (TPSA) is 144 Å². The highest BCUT2D eigenvalue weighted by Gasteiger charge is 2.48. The Morgan fingerprint density at radius 2 is 0.860 bits per heavy atom. The lowest BCUT2D eigenvalue weighted by atomic mass is 9.61. The Morgan fingerprint density at radius 3 is 1.12 bits per heavy atom. The summed E-state index contributed by atoms with van der Waals surface area (Å²) in [5.41, 5.74) is 13.6. The predicted molar refractivity (Wildman–Crippen MR) is 181 cm³/mol. The maximum absolute atomic E-state index is 7.61. The van der Waals surface area contributed by atoms with Gasteiger partial charge in [0.05, 0.1) is 19.0 Å². The monoisotopic (exact) mass is 690 g/mol. The molecule has 0 aromatic carbocycles. The van der Waals surface area contributed by atoms with E-state index in [2.05, 4.69) is 0 Å². The fraction of sp³-hybridized carbons (Fsp3) is 1.00. The number of nitrogens with two attached hydrogens (primary N) is 2. The minimum Gasteiger partial charge on any atom is -0.377 e. The molecule has 4 N–H and O–H groups in total. The third kappa shape index (κ3) is 14.0. The van der Waals surface area contributed by atoms with Crippen molar-refractivity contribution in [3.63, 3.8) is 0 Å². The third-order valence-corrected chi connectivity index (χ3v) is 19.0. The summed E-state index contributed by atoms with van der Waals surface area (Å²) in [6.45, 7) is 0.471. The summed E-state index contributed by atoms with van der Waals surface area (Å²) < 4.78 is 56.3. The average Bonchev–Trinajstić information content (AvgIpc) is 3.05. The highest BCUT2D eigenvalue weighted by molar-refractivity contribution is 6.60. The molecule has 260 valence electrons. The van der Waals surface area contributed by atoms with Gasteiger partial charge in [0.2, 0.25) is 0 Å². The van der Waals surface area contributed by atoms with E-state index in [4.69, 9.17) is 57.0 Å². The molecule has 0 unspecified atom stereocenters. The SMILES string of the molecule is COC(OC)[SiH2]CCCC(N)(CCC[SiH2]C(OC)OC)C(CN)(CCC[Si](OC)(OC)OC)CCC[Si](OC)(OC)OC. The lowest BCUT2D eigenvalue weighted by Crippen LogP contribution is -2.59. The molecule has 0 aliphatic rings. The van der Waals surface area contributed by atoms with E-state index in [9.17, 15) is 0 Å². The zero-order chi connectivity index (χ0) is 32.8. The van der Waals surface area contributed by atoms with Gasteiger partial charge in [-0.05, 0) is 45.1 Å². The number of rotatable bonds is 30. The van der Waals surface area contributed by atoms with Crippen LogP contribution in [0.25, 0.3) is 0 Å². The van der Waals surface area contributed by atoms with Gasteiger partial charge in [0.15, 0.2) is 0 Å². The molecule has 0 radical (unpaired) electrons. The molecule has 0 aliphatic heterocycles. The summed E-state index contributed by atoms with van der Waals surface area (Å²) in [5, 5.41) is 0. The highest BCUT2D eigenvalue weighted by atomic mass is 28.4. The van der Waals surface area contributed by atoms with E-state index in [1.54, 1.807) is 71.1 Å². The van der Waals surface area contributed by atoms with Crippen molar-refractivity contribution in [3.05, 3.63) is 0 Å². The molecule has 0 fully saturated rings. The van der Waals surface area contributed by atoms with E-state index in [0.717, 1.165) is 63.5 Å². The van der Waals surface area contributed by atoms with E-state index < -0.39 is 42.2 Å². The summed E-state index contributed by atoms with van der Waals surface area (Å²) in [6.07, 6.45) is 7.07. The van der Waals surface area contributed by atoms with Gasteiger partial charge in [-0.25, -0.2) is 0 Å². The minimum absolute atomic E-state index is 0.0807. The minimum atomic E-state index is -2.75. The molecule has 0 spiro atoms. The molecule has 12 nitrogen and oxygen atoms in total. The number of hydrogen-bond acceptors (Lipinski definition) is 12. The number of ether oxygens (including phenoxy) is 4. The summed E-state index contributed by atoms with van der Waals surface area (Å²) >= 11 is 0. The zero-order valence-corrected chi connectivity index (χ0v) is 33.8. The fourth-order valence-corrected chi connectivity index (χ4v) is 12.4. The molecule has 0 aromatic rings. The smallest absolute Gasteiger partial charge is 0.377 e. The first-order valence-electron chi connectivity index (χ1n) is 15.5. The first kappa shape index (κ1) is 43.4. The van der Waals surface area contributed by atoms with Crippen molar-refractivity contribution in [2.75, 3.05) is 77.6 Å². The van der Waals surface area contributed by atoms with Crippen molar-refractivity contribution in [2.24, 2.45) is 16.9 Å². The molecule has 0 rings (SSSR count). The zero-order valence-electron chi connectivity index (χ0n) is 29.0. The summed E-state index contributed by atoms with van der Waals surface area (Å²) in [7, 11) is 10.1. The number of hydrogen-bond donors (Lipinski definition) is 2. The molecule has 0 aliphatic carbocycles. The van der Waals surface area contributed by atoms with Gasteiger partial charge in [-0.3, -0.25) is 0 Å². The molecular weight excluding hydrogens is 625 g/mol. The largest absolute Gasteiger partial charge is 0.500 e. The lowest BCUT2D eigenvalue weighted by molar-refractivity contribution is -0.0442. The summed E-state index contributed by atoms with van der Waals surface area (Å²) in [5.74, 6) is -0.161. The van der Waals surface area contributed by atoms with Crippen LogP contribution < -0.4 is 11.5 Å². The standard InChI is InChI=1S/C27H66N2O10Si4/c1-30-24(31-2)40-19-11-17-27(29,18-12-20-41-25(32-3)33-4)26(23-28,15-13-21-42(34-5,35-6)36-7)16-14-22-43(37-8,38-9)39-10/h24-25H,11-23,28-29,40-41H2,1-10H3. The molecule has 0 aromatic heterocycles. The van der Waals surface area contributed by atoms with E-state index in [0.29, 0.717) is 18.6 Å². The van der Waals surface area contributed by atoms with Crippen LogP contribution in [0, 0.1) is 5.41 Å². The van der Waals surface area contributed by atoms with Crippen LogP contribution in [0.4, 0.5) is 0 Å². The molecule has 0 saturated heterocycles. The van der Waals surface area contributed by atoms with Crippen LogP contribution in [0.5, 0.6) is 0 Å². The van der Waals surface area contributed by atoms with Gasteiger partial charge in [0, 0.05) is 94.1 Å². The second-order valence-corrected chi connectivity index (χ2v) is 21.3. The Labute approximate surface area is 269 Å². The van der Waals surface area contributed by atoms with E-state index >= 15 is 0 Å². The van der Waals surface area contributed by atoms with Crippen molar-refractivity contribution in [2.45, 2.75) is 92.9 Å². The van der Waals surface area contributed by atoms with Gasteiger partial charge in [-0.2, -0.15) is 0 Å². The van der Waals surface area contributed by atoms with Gasteiger partial charge >= 0.3 is 17.6 Å². The van der Waals surface area contributed by atoms with Crippen LogP contribution >= 0.6 is 0 Å². The van der Waals surface area contributed by atoms with Gasteiger partial charge in [-0.15, -0.1) is 0 Å². The normalized spacial score (nSPS) is 15.2. The first-order chi connectivity index (χ1) is 20.6. The Hall–Kier alpha value is 0.388. The third-order valence-electron chi connectivity index (χ3n) is 9.27. The van der Waals surface area contributed by atoms with Crippen molar-refractivity contribution in [1.82, 2.24) is 0 Å². The summed E-state index contributed by atoms with van der Waals surface area (Å²) in [4.78, 5) is 0. The molecule has 43 heavy (non-hydrogen) atoms. The second kappa shape index (κ2) is 23.7. The van der Waals surface area contributed by atoms with Gasteiger partial charge in [0.1, 0.15) is 11.8 Å². The number of methoxy groups -OCH3 is 4. The molecule has 16 heteroatoms. The molecular formula is C27H66N2O10Si4. The molecule has 0 heterocycles. The highest BCUT2D eigenvalue weighted by Crippen LogP contribution is 2.46. The fourth-order valence-electron chi connectivity index (χ4n) is 6.25. The van der Waals surface area contributed by atoms with Crippen LogP contribution in [0.3, 0.4) is 0 Å². The van der Waals surface area contributed by atoms with Crippen LogP contribution in [-0.4, -0.2) is 132 Å². The average molecular weight is 691 g/mol. The molecule has 0 atom stereocenters. The predicted octanol–water partition coefficient (Wildman–Crippen LogP) is 1.83. The van der Waals surface area contributed by atoms with Gasteiger partial charge in [-0.1, -0.05) is 24.9 Å².